The molecular weight excluding hydrogens is 134 g/mol. The van der Waals surface area contributed by atoms with Crippen LogP contribution in [0.1, 0.15) is 33.1 Å². The summed E-state index contributed by atoms with van der Waals surface area (Å²) in [6.07, 6.45) is 9.89. The summed E-state index contributed by atoms with van der Waals surface area (Å²) in [5.41, 5.74) is 7.44. The predicted molar refractivity (Wildman–Crippen MR) is 49.3 cm³/mol. The van der Waals surface area contributed by atoms with Crippen molar-refractivity contribution in [2.75, 3.05) is 0 Å². The van der Waals surface area contributed by atoms with E-state index in [-0.39, 0.29) is 5.54 Å². The lowest BCUT2D eigenvalue weighted by Gasteiger charge is -2.39. The van der Waals surface area contributed by atoms with Crippen LogP contribution in [-0.2, 0) is 0 Å². The fourth-order valence-corrected chi connectivity index (χ4v) is 1.58. The first-order valence-corrected chi connectivity index (χ1v) is 4.31. The van der Waals surface area contributed by atoms with Gasteiger partial charge in [-0.15, -0.1) is 0 Å². The maximum Gasteiger partial charge on any atom is 0.0406 e. The van der Waals surface area contributed by atoms with Crippen LogP contribution < -0.4 is 5.73 Å². The second-order valence-corrected chi connectivity index (χ2v) is 3.25. The lowest BCUT2D eigenvalue weighted by atomic mass is 9.72. The Morgan fingerprint density at radius 1 is 1.36 bits per heavy atom. The van der Waals surface area contributed by atoms with Crippen molar-refractivity contribution in [3.05, 3.63) is 23.8 Å². The van der Waals surface area contributed by atoms with Gasteiger partial charge < -0.3 is 5.73 Å². The number of hydrogen-bond donors (Lipinski definition) is 1. The van der Waals surface area contributed by atoms with Crippen LogP contribution in [0.4, 0.5) is 0 Å². The van der Waals surface area contributed by atoms with Gasteiger partial charge in [0, 0.05) is 5.54 Å². The Morgan fingerprint density at radius 3 is 2.27 bits per heavy atom. The second kappa shape index (κ2) is 3.22. The molecule has 0 spiro atoms. The van der Waals surface area contributed by atoms with E-state index < -0.39 is 0 Å². The third kappa shape index (κ3) is 1.54. The summed E-state index contributed by atoms with van der Waals surface area (Å²) >= 11 is 0. The zero-order chi connectivity index (χ0) is 8.32. The molecule has 0 atom stereocenters. The Kier molecular flexibility index (Phi) is 2.50. The maximum absolute atomic E-state index is 6.12. The van der Waals surface area contributed by atoms with Crippen LogP contribution in [0.3, 0.4) is 0 Å². The summed E-state index contributed by atoms with van der Waals surface area (Å²) < 4.78 is 0. The van der Waals surface area contributed by atoms with E-state index >= 15 is 0 Å². The quantitative estimate of drug-likeness (QED) is 0.602. The Bertz CT molecular complexity index is 185. The average Bonchev–Trinajstić information content (AvgIpc) is 1.96. The van der Waals surface area contributed by atoms with Gasteiger partial charge in [-0.25, -0.2) is 0 Å². The van der Waals surface area contributed by atoms with Gasteiger partial charge in [-0.05, 0) is 38.7 Å². The minimum atomic E-state index is 0.0151. The standard InChI is InChI=1S/C10H17N/c1-3-6-9(4-2)10(11)7-5-8-10/h3-4,6H,5,7-8,11H2,1-2H3. The van der Waals surface area contributed by atoms with Crippen molar-refractivity contribution >= 4 is 0 Å². The molecule has 0 aromatic rings. The van der Waals surface area contributed by atoms with Gasteiger partial charge in [0.15, 0.2) is 0 Å². The summed E-state index contributed by atoms with van der Waals surface area (Å²) in [4.78, 5) is 0. The van der Waals surface area contributed by atoms with E-state index in [0.29, 0.717) is 0 Å². The highest BCUT2D eigenvalue weighted by Crippen LogP contribution is 2.36. The van der Waals surface area contributed by atoms with Crippen LogP contribution >= 0.6 is 0 Å². The number of allylic oxidation sites excluding steroid dienone is 2. The Balaban J connectivity index is 2.69. The Morgan fingerprint density at radius 2 is 2.00 bits per heavy atom. The van der Waals surface area contributed by atoms with Gasteiger partial charge >= 0.3 is 0 Å². The van der Waals surface area contributed by atoms with Crippen molar-refractivity contribution in [1.29, 1.82) is 0 Å². The van der Waals surface area contributed by atoms with Gasteiger partial charge in [0.25, 0.3) is 0 Å². The van der Waals surface area contributed by atoms with E-state index in [2.05, 4.69) is 25.2 Å². The van der Waals surface area contributed by atoms with Gasteiger partial charge in [-0.1, -0.05) is 18.2 Å². The molecule has 0 heterocycles. The van der Waals surface area contributed by atoms with Gasteiger partial charge in [-0.2, -0.15) is 0 Å². The van der Waals surface area contributed by atoms with E-state index in [1.165, 1.54) is 12.0 Å². The highest BCUT2D eigenvalue weighted by Gasteiger charge is 2.34. The summed E-state index contributed by atoms with van der Waals surface area (Å²) in [5, 5.41) is 0. The Hall–Kier alpha value is -0.560. The van der Waals surface area contributed by atoms with E-state index in [0.717, 1.165) is 12.8 Å². The summed E-state index contributed by atoms with van der Waals surface area (Å²) in [6.45, 7) is 4.09. The zero-order valence-corrected chi connectivity index (χ0v) is 7.43. The fraction of sp³-hybridized carbons (Fsp3) is 0.600. The van der Waals surface area contributed by atoms with E-state index in [1.54, 1.807) is 0 Å². The topological polar surface area (TPSA) is 26.0 Å². The van der Waals surface area contributed by atoms with Crippen LogP contribution in [0, 0.1) is 0 Å². The molecular formula is C10H17N. The molecule has 0 saturated heterocycles. The lowest BCUT2D eigenvalue weighted by Crippen LogP contribution is -2.47. The van der Waals surface area contributed by atoms with Crippen LogP contribution in [0.25, 0.3) is 0 Å². The average molecular weight is 151 g/mol. The molecule has 1 fully saturated rings. The maximum atomic E-state index is 6.12. The van der Waals surface area contributed by atoms with Crippen molar-refractivity contribution < 1.29 is 0 Å². The van der Waals surface area contributed by atoms with E-state index in [9.17, 15) is 0 Å². The van der Waals surface area contributed by atoms with E-state index in [1.807, 2.05) is 6.92 Å². The Labute approximate surface area is 69.0 Å². The van der Waals surface area contributed by atoms with Gasteiger partial charge in [-0.3, -0.25) is 0 Å². The summed E-state index contributed by atoms with van der Waals surface area (Å²) in [6, 6.07) is 0. The first-order valence-electron chi connectivity index (χ1n) is 4.31. The van der Waals surface area contributed by atoms with E-state index in [4.69, 9.17) is 5.73 Å². The highest BCUT2D eigenvalue weighted by molar-refractivity contribution is 5.32. The number of rotatable bonds is 2. The van der Waals surface area contributed by atoms with Crippen LogP contribution in [0.15, 0.2) is 23.8 Å². The van der Waals surface area contributed by atoms with Crippen molar-refractivity contribution in [3.8, 4) is 0 Å². The minimum absolute atomic E-state index is 0.0151. The molecule has 1 aliphatic carbocycles. The molecule has 0 aromatic carbocycles. The third-order valence-electron chi connectivity index (χ3n) is 2.48. The molecule has 0 bridgehead atoms. The molecule has 1 heteroatoms. The molecule has 1 nitrogen and oxygen atoms in total. The molecule has 1 aliphatic rings. The monoisotopic (exact) mass is 151 g/mol. The third-order valence-corrected chi connectivity index (χ3v) is 2.48. The summed E-state index contributed by atoms with van der Waals surface area (Å²) in [7, 11) is 0. The SMILES string of the molecule is CC=CC(=CC)C1(N)CCC1. The van der Waals surface area contributed by atoms with Crippen molar-refractivity contribution in [3.63, 3.8) is 0 Å². The van der Waals surface area contributed by atoms with Crippen molar-refractivity contribution in [2.45, 2.75) is 38.6 Å². The number of nitrogens with two attached hydrogens (primary N) is 1. The second-order valence-electron chi connectivity index (χ2n) is 3.25. The highest BCUT2D eigenvalue weighted by atomic mass is 14.8. The molecule has 1 rings (SSSR count). The predicted octanol–water partition coefficient (Wildman–Crippen LogP) is 2.39. The summed E-state index contributed by atoms with van der Waals surface area (Å²) in [5.74, 6) is 0. The molecule has 0 amide bonds. The molecule has 1 saturated carbocycles. The normalized spacial score (nSPS) is 23.7. The molecule has 0 aliphatic heterocycles. The molecule has 0 unspecified atom stereocenters. The molecule has 62 valence electrons. The van der Waals surface area contributed by atoms with Crippen molar-refractivity contribution in [1.82, 2.24) is 0 Å². The van der Waals surface area contributed by atoms with Gasteiger partial charge in [0.1, 0.15) is 0 Å². The lowest BCUT2D eigenvalue weighted by molar-refractivity contribution is 0.304. The largest absolute Gasteiger partial charge is 0.321 e. The van der Waals surface area contributed by atoms with Gasteiger partial charge in [0.2, 0.25) is 0 Å². The van der Waals surface area contributed by atoms with Crippen molar-refractivity contribution in [2.24, 2.45) is 5.73 Å². The van der Waals surface area contributed by atoms with Crippen LogP contribution in [0.5, 0.6) is 0 Å². The zero-order valence-electron chi connectivity index (χ0n) is 7.43. The van der Waals surface area contributed by atoms with Crippen LogP contribution in [0.2, 0.25) is 0 Å². The minimum Gasteiger partial charge on any atom is -0.321 e. The van der Waals surface area contributed by atoms with Gasteiger partial charge in [0.05, 0.1) is 0 Å². The molecule has 0 radical (unpaired) electrons. The first-order chi connectivity index (χ1) is 5.23. The van der Waals surface area contributed by atoms with Crippen LogP contribution in [-0.4, -0.2) is 5.54 Å². The first kappa shape index (κ1) is 8.54. The molecule has 0 aromatic heterocycles. The molecule has 2 N–H and O–H groups in total. The fourth-order valence-electron chi connectivity index (χ4n) is 1.58. The molecule has 11 heavy (non-hydrogen) atoms. The number of hydrogen-bond acceptors (Lipinski definition) is 1. The smallest absolute Gasteiger partial charge is 0.0406 e.